The zero-order chi connectivity index (χ0) is 14.0. The largest absolute Gasteiger partial charge is 0.326 e. The van der Waals surface area contributed by atoms with Gasteiger partial charge in [0.15, 0.2) is 0 Å². The molecule has 0 bridgehead atoms. The van der Waals surface area contributed by atoms with Crippen molar-refractivity contribution in [3.63, 3.8) is 0 Å². The maximum Gasteiger partial charge on any atom is 0.325 e. The number of rotatable bonds is 4. The van der Waals surface area contributed by atoms with Gasteiger partial charge in [0.05, 0.1) is 6.54 Å². The molecule has 1 aromatic carbocycles. The van der Waals surface area contributed by atoms with Crippen LogP contribution in [0.3, 0.4) is 0 Å². The number of amides is 3. The fourth-order valence-corrected chi connectivity index (χ4v) is 2.62. The zero-order valence-electron chi connectivity index (χ0n) is 11.0. The van der Waals surface area contributed by atoms with Gasteiger partial charge in [-0.05, 0) is 30.0 Å². The van der Waals surface area contributed by atoms with Gasteiger partial charge < -0.3 is 5.32 Å². The summed E-state index contributed by atoms with van der Waals surface area (Å²) in [4.78, 5) is 25.3. The number of carbonyl (C=O) groups excluding carboxylic acids is 2. The Labute approximate surface area is 121 Å². The predicted molar refractivity (Wildman–Crippen MR) is 76.5 cm³/mol. The van der Waals surface area contributed by atoms with Gasteiger partial charge in [-0.15, -0.1) is 0 Å². The SMILES string of the molecule is CC(C)C[C@@H]1NC(=O)N(Cc2cccc(Br)c2)C1=O. The van der Waals surface area contributed by atoms with E-state index in [2.05, 4.69) is 21.2 Å². The molecule has 1 heterocycles. The maximum absolute atomic E-state index is 12.2. The van der Waals surface area contributed by atoms with E-state index in [-0.39, 0.29) is 18.0 Å². The summed E-state index contributed by atoms with van der Waals surface area (Å²) in [6.45, 7) is 4.39. The second-order valence-corrected chi connectivity index (χ2v) is 6.10. The molecule has 102 valence electrons. The second-order valence-electron chi connectivity index (χ2n) is 5.19. The molecular formula is C14H17BrN2O2. The van der Waals surface area contributed by atoms with Crippen molar-refractivity contribution in [2.75, 3.05) is 0 Å². The number of carbonyl (C=O) groups is 2. The van der Waals surface area contributed by atoms with Crippen LogP contribution in [0.4, 0.5) is 4.79 Å². The smallest absolute Gasteiger partial charge is 0.325 e. The molecular weight excluding hydrogens is 308 g/mol. The van der Waals surface area contributed by atoms with E-state index >= 15 is 0 Å². The Hall–Kier alpha value is -1.36. The molecule has 1 aliphatic rings. The molecule has 0 aliphatic carbocycles. The van der Waals surface area contributed by atoms with Gasteiger partial charge in [-0.3, -0.25) is 9.69 Å². The van der Waals surface area contributed by atoms with Gasteiger partial charge in [-0.2, -0.15) is 0 Å². The molecule has 1 fully saturated rings. The van der Waals surface area contributed by atoms with Crippen LogP contribution in [-0.2, 0) is 11.3 Å². The molecule has 0 unspecified atom stereocenters. The maximum atomic E-state index is 12.2. The van der Waals surface area contributed by atoms with Gasteiger partial charge in [0.1, 0.15) is 6.04 Å². The van der Waals surface area contributed by atoms with Crippen molar-refractivity contribution in [1.29, 1.82) is 0 Å². The van der Waals surface area contributed by atoms with Crippen LogP contribution >= 0.6 is 15.9 Å². The minimum absolute atomic E-state index is 0.126. The third kappa shape index (κ3) is 3.35. The number of imide groups is 1. The summed E-state index contributed by atoms with van der Waals surface area (Å²) in [7, 11) is 0. The van der Waals surface area contributed by atoms with Crippen molar-refractivity contribution in [1.82, 2.24) is 10.2 Å². The van der Waals surface area contributed by atoms with Gasteiger partial charge in [-0.25, -0.2) is 4.79 Å². The molecule has 5 heteroatoms. The van der Waals surface area contributed by atoms with E-state index in [0.29, 0.717) is 18.9 Å². The lowest BCUT2D eigenvalue weighted by Crippen LogP contribution is -2.31. The molecule has 0 saturated carbocycles. The highest BCUT2D eigenvalue weighted by Gasteiger charge is 2.37. The van der Waals surface area contributed by atoms with Gasteiger partial charge in [0.2, 0.25) is 0 Å². The number of nitrogens with zero attached hydrogens (tertiary/aromatic N) is 1. The van der Waals surface area contributed by atoms with Crippen molar-refractivity contribution >= 4 is 27.9 Å². The highest BCUT2D eigenvalue weighted by molar-refractivity contribution is 9.10. The molecule has 0 radical (unpaired) electrons. The van der Waals surface area contributed by atoms with Gasteiger partial charge in [0, 0.05) is 4.47 Å². The summed E-state index contributed by atoms with van der Waals surface area (Å²) < 4.78 is 0.941. The fourth-order valence-electron chi connectivity index (χ4n) is 2.18. The molecule has 19 heavy (non-hydrogen) atoms. The Kier molecular flexibility index (Phi) is 4.24. The molecule has 1 atom stereocenters. The fraction of sp³-hybridized carbons (Fsp3) is 0.429. The zero-order valence-corrected chi connectivity index (χ0v) is 12.6. The van der Waals surface area contributed by atoms with Crippen LogP contribution in [0.1, 0.15) is 25.8 Å². The molecule has 3 amide bonds. The average Bonchev–Trinajstić information content (AvgIpc) is 2.56. The molecule has 0 spiro atoms. The molecule has 1 saturated heterocycles. The van der Waals surface area contributed by atoms with E-state index in [1.165, 1.54) is 4.90 Å². The van der Waals surface area contributed by atoms with Crippen LogP contribution in [0.25, 0.3) is 0 Å². The highest BCUT2D eigenvalue weighted by Crippen LogP contribution is 2.18. The van der Waals surface area contributed by atoms with Crippen LogP contribution in [0.2, 0.25) is 0 Å². The Morgan fingerprint density at radius 1 is 1.37 bits per heavy atom. The number of hydrogen-bond donors (Lipinski definition) is 1. The molecule has 1 aliphatic heterocycles. The summed E-state index contributed by atoms with van der Waals surface area (Å²) in [6, 6.07) is 6.95. The third-order valence-electron chi connectivity index (χ3n) is 3.04. The van der Waals surface area contributed by atoms with Crippen LogP contribution in [-0.4, -0.2) is 22.9 Å². The lowest BCUT2D eigenvalue weighted by Gasteiger charge is -2.14. The summed E-state index contributed by atoms with van der Waals surface area (Å²) in [5, 5.41) is 2.75. The number of hydrogen-bond acceptors (Lipinski definition) is 2. The minimum Gasteiger partial charge on any atom is -0.326 e. The van der Waals surface area contributed by atoms with Crippen molar-refractivity contribution in [2.24, 2.45) is 5.92 Å². The minimum atomic E-state index is -0.375. The van der Waals surface area contributed by atoms with Crippen LogP contribution in [0, 0.1) is 5.92 Å². The average molecular weight is 325 g/mol. The number of benzene rings is 1. The predicted octanol–water partition coefficient (Wildman–Crippen LogP) is 2.92. The quantitative estimate of drug-likeness (QED) is 0.866. The first-order valence-corrected chi connectivity index (χ1v) is 7.13. The number of halogens is 1. The van der Waals surface area contributed by atoms with Crippen molar-refractivity contribution < 1.29 is 9.59 Å². The van der Waals surface area contributed by atoms with E-state index in [4.69, 9.17) is 0 Å². The number of urea groups is 1. The molecule has 4 nitrogen and oxygen atoms in total. The highest BCUT2D eigenvalue weighted by atomic mass is 79.9. The second kappa shape index (κ2) is 5.74. The molecule has 1 aromatic rings. The summed E-state index contributed by atoms with van der Waals surface area (Å²) in [5.41, 5.74) is 0.933. The van der Waals surface area contributed by atoms with E-state index in [1.807, 2.05) is 38.1 Å². The van der Waals surface area contributed by atoms with Gasteiger partial charge >= 0.3 is 6.03 Å². The summed E-state index contributed by atoms with van der Waals surface area (Å²) >= 11 is 3.38. The summed E-state index contributed by atoms with van der Waals surface area (Å²) in [5.74, 6) is 0.249. The van der Waals surface area contributed by atoms with Crippen LogP contribution in [0.15, 0.2) is 28.7 Å². The monoisotopic (exact) mass is 324 g/mol. The molecule has 0 aromatic heterocycles. The van der Waals surface area contributed by atoms with Crippen LogP contribution in [0.5, 0.6) is 0 Å². The molecule has 1 N–H and O–H groups in total. The first-order chi connectivity index (χ1) is 8.97. The Bertz CT molecular complexity index is 502. The topological polar surface area (TPSA) is 49.4 Å². The lowest BCUT2D eigenvalue weighted by atomic mass is 10.0. The number of nitrogens with one attached hydrogen (secondary N) is 1. The molecule has 2 rings (SSSR count). The van der Waals surface area contributed by atoms with Crippen molar-refractivity contribution in [2.45, 2.75) is 32.9 Å². The summed E-state index contributed by atoms with van der Waals surface area (Å²) in [6.07, 6.45) is 0.680. The standard InChI is InChI=1S/C14H17BrN2O2/c1-9(2)6-12-13(18)17(14(19)16-12)8-10-4-3-5-11(15)7-10/h3-5,7,9,12H,6,8H2,1-2H3,(H,16,19)/t12-/m0/s1. The van der Waals surface area contributed by atoms with E-state index in [0.717, 1.165) is 10.0 Å². The van der Waals surface area contributed by atoms with E-state index in [1.54, 1.807) is 0 Å². The Morgan fingerprint density at radius 3 is 2.74 bits per heavy atom. The van der Waals surface area contributed by atoms with Gasteiger partial charge in [-0.1, -0.05) is 41.9 Å². The normalized spacial score (nSPS) is 19.2. The third-order valence-corrected chi connectivity index (χ3v) is 3.54. The Morgan fingerprint density at radius 2 is 2.11 bits per heavy atom. The van der Waals surface area contributed by atoms with E-state index in [9.17, 15) is 9.59 Å². The van der Waals surface area contributed by atoms with Gasteiger partial charge in [0.25, 0.3) is 5.91 Å². The van der Waals surface area contributed by atoms with E-state index < -0.39 is 0 Å². The van der Waals surface area contributed by atoms with Crippen molar-refractivity contribution in [3.8, 4) is 0 Å². The van der Waals surface area contributed by atoms with Crippen LogP contribution < -0.4 is 5.32 Å². The van der Waals surface area contributed by atoms with Crippen molar-refractivity contribution in [3.05, 3.63) is 34.3 Å². The Balaban J connectivity index is 2.08. The first kappa shape index (κ1) is 14.1. The first-order valence-electron chi connectivity index (χ1n) is 6.33. The lowest BCUT2D eigenvalue weighted by molar-refractivity contribution is -0.128.